The van der Waals surface area contributed by atoms with Gasteiger partial charge in [0, 0.05) is 49.5 Å². The molecular formula is C21H28N2O2. The van der Waals surface area contributed by atoms with Crippen LogP contribution in [0.5, 0.6) is 5.75 Å². The zero-order valence-electron chi connectivity index (χ0n) is 14.8. The Labute approximate surface area is 150 Å². The summed E-state index contributed by atoms with van der Waals surface area (Å²) < 4.78 is 0. The standard InChI is InChI=1S/C21H28N2O2/c24-20-14-18(22-9-1-2-10-22)7-5-16(20)13-17-6-8-19(15-21(17)25)23-11-3-4-12-23/h5-8,14-16,20,24-25H,1-4,9-13H2. The van der Waals surface area contributed by atoms with Crippen LogP contribution in [0.25, 0.3) is 0 Å². The Kier molecular flexibility index (Phi) is 4.71. The van der Waals surface area contributed by atoms with E-state index in [-0.39, 0.29) is 5.92 Å². The fourth-order valence-electron chi connectivity index (χ4n) is 4.22. The van der Waals surface area contributed by atoms with Crippen LogP contribution < -0.4 is 4.90 Å². The van der Waals surface area contributed by atoms with E-state index >= 15 is 0 Å². The van der Waals surface area contributed by atoms with Gasteiger partial charge in [0.15, 0.2) is 0 Å². The molecule has 4 rings (SSSR count). The molecule has 2 aliphatic heterocycles. The maximum Gasteiger partial charge on any atom is 0.120 e. The second-order valence-electron chi connectivity index (χ2n) is 7.51. The molecule has 0 radical (unpaired) electrons. The van der Waals surface area contributed by atoms with Crippen LogP contribution in [0.15, 0.2) is 42.1 Å². The molecule has 0 aromatic heterocycles. The highest BCUT2D eigenvalue weighted by Gasteiger charge is 2.24. The number of rotatable bonds is 4. The van der Waals surface area contributed by atoms with Crippen molar-refractivity contribution in [3.63, 3.8) is 0 Å². The van der Waals surface area contributed by atoms with Crippen molar-refractivity contribution < 1.29 is 10.2 Å². The molecule has 0 saturated carbocycles. The van der Waals surface area contributed by atoms with Crippen molar-refractivity contribution >= 4 is 5.69 Å². The van der Waals surface area contributed by atoms with Crippen LogP contribution >= 0.6 is 0 Å². The number of phenols is 1. The van der Waals surface area contributed by atoms with Gasteiger partial charge in [-0.05, 0) is 55.9 Å². The van der Waals surface area contributed by atoms with Crippen molar-refractivity contribution in [3.05, 3.63) is 47.7 Å². The van der Waals surface area contributed by atoms with Gasteiger partial charge in [0.25, 0.3) is 0 Å². The quantitative estimate of drug-likeness (QED) is 0.884. The van der Waals surface area contributed by atoms with Gasteiger partial charge in [-0.25, -0.2) is 0 Å². The number of aromatic hydroxyl groups is 1. The second kappa shape index (κ2) is 7.12. The van der Waals surface area contributed by atoms with E-state index in [0.717, 1.165) is 43.1 Å². The average molecular weight is 340 g/mol. The molecule has 3 aliphatic rings. The third-order valence-corrected chi connectivity index (χ3v) is 5.76. The summed E-state index contributed by atoms with van der Waals surface area (Å²) in [5.41, 5.74) is 3.17. The fraction of sp³-hybridized carbons (Fsp3) is 0.524. The number of nitrogens with zero attached hydrogens (tertiary/aromatic N) is 2. The van der Waals surface area contributed by atoms with Crippen LogP contribution in [0.4, 0.5) is 5.69 Å². The first-order valence-electron chi connectivity index (χ1n) is 9.60. The molecule has 0 amide bonds. The molecule has 0 spiro atoms. The maximum atomic E-state index is 10.5. The summed E-state index contributed by atoms with van der Waals surface area (Å²) >= 11 is 0. The third kappa shape index (κ3) is 3.54. The third-order valence-electron chi connectivity index (χ3n) is 5.76. The zero-order chi connectivity index (χ0) is 17.2. The highest BCUT2D eigenvalue weighted by molar-refractivity contribution is 5.54. The van der Waals surface area contributed by atoms with Gasteiger partial charge in [0.05, 0.1) is 6.10 Å². The molecule has 2 fully saturated rings. The number of aliphatic hydroxyl groups is 1. The summed E-state index contributed by atoms with van der Waals surface area (Å²) in [7, 11) is 0. The summed E-state index contributed by atoms with van der Waals surface area (Å²) in [6.45, 7) is 4.33. The van der Waals surface area contributed by atoms with Crippen molar-refractivity contribution in [2.45, 2.75) is 38.2 Å². The fourth-order valence-corrected chi connectivity index (χ4v) is 4.22. The van der Waals surface area contributed by atoms with Gasteiger partial charge >= 0.3 is 0 Å². The minimum atomic E-state index is -0.488. The van der Waals surface area contributed by atoms with Crippen molar-refractivity contribution in [2.24, 2.45) is 5.92 Å². The molecule has 134 valence electrons. The van der Waals surface area contributed by atoms with E-state index in [4.69, 9.17) is 0 Å². The Bertz CT molecular complexity index is 670. The van der Waals surface area contributed by atoms with Crippen molar-refractivity contribution in [3.8, 4) is 5.75 Å². The number of likely N-dealkylation sites (tertiary alicyclic amines) is 1. The van der Waals surface area contributed by atoms with Gasteiger partial charge in [-0.15, -0.1) is 0 Å². The summed E-state index contributed by atoms with van der Waals surface area (Å²) in [5, 5.41) is 21.0. The van der Waals surface area contributed by atoms with E-state index in [0.29, 0.717) is 12.2 Å². The lowest BCUT2D eigenvalue weighted by molar-refractivity contribution is 0.170. The molecule has 2 heterocycles. The number of allylic oxidation sites excluding steroid dienone is 1. The number of hydrogen-bond acceptors (Lipinski definition) is 4. The first kappa shape index (κ1) is 16.5. The van der Waals surface area contributed by atoms with E-state index in [2.05, 4.69) is 28.0 Å². The lowest BCUT2D eigenvalue weighted by Crippen LogP contribution is -2.26. The van der Waals surface area contributed by atoms with Crippen molar-refractivity contribution in [1.29, 1.82) is 0 Å². The molecule has 2 saturated heterocycles. The number of anilines is 1. The van der Waals surface area contributed by atoms with E-state index in [1.54, 1.807) is 0 Å². The molecule has 4 heteroatoms. The Hall–Kier alpha value is -1.94. The van der Waals surface area contributed by atoms with E-state index < -0.39 is 6.10 Å². The summed E-state index contributed by atoms with van der Waals surface area (Å²) in [6, 6.07) is 6.00. The van der Waals surface area contributed by atoms with Crippen LogP contribution in [0.3, 0.4) is 0 Å². The van der Waals surface area contributed by atoms with Gasteiger partial charge in [-0.3, -0.25) is 0 Å². The highest BCUT2D eigenvalue weighted by atomic mass is 16.3. The molecule has 1 aromatic rings. The predicted octanol–water partition coefficient (Wildman–Crippen LogP) is 3.06. The van der Waals surface area contributed by atoms with Gasteiger partial charge < -0.3 is 20.0 Å². The van der Waals surface area contributed by atoms with Crippen molar-refractivity contribution in [2.75, 3.05) is 31.1 Å². The zero-order valence-corrected chi connectivity index (χ0v) is 14.8. The van der Waals surface area contributed by atoms with E-state index in [1.165, 1.54) is 25.7 Å². The maximum absolute atomic E-state index is 10.5. The van der Waals surface area contributed by atoms with Gasteiger partial charge in [0.1, 0.15) is 5.75 Å². The summed E-state index contributed by atoms with van der Waals surface area (Å²) in [5.74, 6) is 0.370. The second-order valence-corrected chi connectivity index (χ2v) is 7.51. The Balaban J connectivity index is 1.43. The molecule has 2 N–H and O–H groups in total. The Morgan fingerprint density at radius 3 is 2.28 bits per heavy atom. The van der Waals surface area contributed by atoms with Crippen LogP contribution in [0, 0.1) is 5.92 Å². The molecule has 2 unspecified atom stereocenters. The van der Waals surface area contributed by atoms with Crippen LogP contribution in [-0.2, 0) is 6.42 Å². The summed E-state index contributed by atoms with van der Waals surface area (Å²) in [4.78, 5) is 4.67. The predicted molar refractivity (Wildman–Crippen MR) is 101 cm³/mol. The smallest absolute Gasteiger partial charge is 0.120 e. The molecule has 1 aromatic carbocycles. The van der Waals surface area contributed by atoms with Crippen LogP contribution in [0.2, 0.25) is 0 Å². The number of phenolic OH excluding ortho intramolecular Hbond substituents is 1. The van der Waals surface area contributed by atoms with Crippen LogP contribution in [-0.4, -0.2) is 47.4 Å². The molecular weight excluding hydrogens is 312 g/mol. The topological polar surface area (TPSA) is 46.9 Å². The van der Waals surface area contributed by atoms with E-state index in [1.807, 2.05) is 18.2 Å². The van der Waals surface area contributed by atoms with E-state index in [9.17, 15) is 10.2 Å². The SMILES string of the molecule is Oc1cc(N2CCCC2)ccc1CC1C=CC(N2CCCC2)=CC1O. The lowest BCUT2D eigenvalue weighted by atomic mass is 9.89. The first-order chi connectivity index (χ1) is 12.2. The van der Waals surface area contributed by atoms with Gasteiger partial charge in [-0.2, -0.15) is 0 Å². The van der Waals surface area contributed by atoms with Gasteiger partial charge in [-0.1, -0.05) is 12.1 Å². The number of aliphatic hydroxyl groups excluding tert-OH is 1. The largest absolute Gasteiger partial charge is 0.508 e. The van der Waals surface area contributed by atoms with Crippen molar-refractivity contribution in [1.82, 2.24) is 4.90 Å². The minimum absolute atomic E-state index is 0.0230. The molecule has 1 aliphatic carbocycles. The lowest BCUT2D eigenvalue weighted by Gasteiger charge is -2.27. The Morgan fingerprint density at radius 2 is 1.64 bits per heavy atom. The highest BCUT2D eigenvalue weighted by Crippen LogP contribution is 2.31. The number of hydrogen-bond donors (Lipinski definition) is 2. The average Bonchev–Trinajstić information content (AvgIpc) is 3.31. The Morgan fingerprint density at radius 1 is 0.960 bits per heavy atom. The summed E-state index contributed by atoms with van der Waals surface area (Å²) in [6.07, 6.45) is 11.3. The van der Waals surface area contributed by atoms with Crippen LogP contribution in [0.1, 0.15) is 31.2 Å². The monoisotopic (exact) mass is 340 g/mol. The molecule has 25 heavy (non-hydrogen) atoms. The molecule has 4 nitrogen and oxygen atoms in total. The normalized spacial score (nSPS) is 26.4. The molecule has 0 bridgehead atoms. The molecule has 2 atom stereocenters. The van der Waals surface area contributed by atoms with Gasteiger partial charge in [0.2, 0.25) is 0 Å². The number of benzene rings is 1. The first-order valence-corrected chi connectivity index (χ1v) is 9.60. The minimum Gasteiger partial charge on any atom is -0.508 e.